The van der Waals surface area contributed by atoms with E-state index in [2.05, 4.69) is 22.7 Å². The molecule has 4 heteroatoms. The third kappa shape index (κ3) is 7.29. The van der Waals surface area contributed by atoms with Gasteiger partial charge in [-0.05, 0) is 13.6 Å². The Kier molecular flexibility index (Phi) is 5.78. The van der Waals surface area contributed by atoms with E-state index in [1.54, 1.807) is 0 Å². The third-order valence-electron chi connectivity index (χ3n) is 1.42. The fraction of sp³-hybridized carbons (Fsp3) is 0.857. The van der Waals surface area contributed by atoms with Gasteiger partial charge in [0, 0.05) is 20.0 Å². The van der Waals surface area contributed by atoms with E-state index in [-0.39, 0.29) is 5.91 Å². The van der Waals surface area contributed by atoms with Gasteiger partial charge in [0.1, 0.15) is 0 Å². The Balaban J connectivity index is 3.08. The topological polar surface area (TPSA) is 44.4 Å². The van der Waals surface area contributed by atoms with Crippen molar-refractivity contribution in [3.8, 4) is 0 Å². The van der Waals surface area contributed by atoms with Crippen LogP contribution in [0.5, 0.6) is 0 Å². The molecule has 0 fully saturated rings. The van der Waals surface area contributed by atoms with Crippen molar-refractivity contribution in [1.82, 2.24) is 15.8 Å². The van der Waals surface area contributed by atoms with Crippen molar-refractivity contribution >= 4 is 5.91 Å². The van der Waals surface area contributed by atoms with Crippen LogP contribution in [0, 0.1) is 0 Å². The molecule has 0 saturated carbocycles. The third-order valence-corrected chi connectivity index (χ3v) is 1.42. The SMILES string of the molecule is CCN(C)CCNNC(C)=O. The second kappa shape index (κ2) is 6.12. The highest BCUT2D eigenvalue weighted by Crippen LogP contribution is 1.75. The minimum Gasteiger partial charge on any atom is -0.305 e. The first-order chi connectivity index (χ1) is 5.16. The van der Waals surface area contributed by atoms with Crippen molar-refractivity contribution in [3.63, 3.8) is 0 Å². The molecule has 0 radical (unpaired) electrons. The number of hydrogen-bond donors (Lipinski definition) is 2. The van der Waals surface area contributed by atoms with Gasteiger partial charge in [0.15, 0.2) is 0 Å². The summed E-state index contributed by atoms with van der Waals surface area (Å²) in [5.41, 5.74) is 5.32. The lowest BCUT2D eigenvalue weighted by molar-refractivity contribution is -0.119. The molecule has 66 valence electrons. The van der Waals surface area contributed by atoms with E-state index in [4.69, 9.17) is 0 Å². The van der Waals surface area contributed by atoms with Gasteiger partial charge in [-0.1, -0.05) is 6.92 Å². The number of hydrogen-bond acceptors (Lipinski definition) is 3. The highest BCUT2D eigenvalue weighted by Gasteiger charge is 1.92. The normalized spacial score (nSPS) is 10.2. The summed E-state index contributed by atoms with van der Waals surface area (Å²) in [5.74, 6) is -0.0517. The zero-order valence-electron chi connectivity index (χ0n) is 7.48. The number of amides is 1. The van der Waals surface area contributed by atoms with E-state index in [0.717, 1.165) is 19.6 Å². The smallest absolute Gasteiger partial charge is 0.230 e. The zero-order valence-corrected chi connectivity index (χ0v) is 7.48. The summed E-state index contributed by atoms with van der Waals surface area (Å²) in [6.07, 6.45) is 0. The summed E-state index contributed by atoms with van der Waals surface area (Å²) in [6.45, 7) is 6.33. The second-order valence-corrected chi connectivity index (χ2v) is 2.50. The van der Waals surface area contributed by atoms with E-state index < -0.39 is 0 Å². The molecule has 0 atom stereocenters. The molecule has 0 rings (SSSR count). The van der Waals surface area contributed by atoms with Gasteiger partial charge in [0.25, 0.3) is 0 Å². The van der Waals surface area contributed by atoms with Crippen molar-refractivity contribution in [2.24, 2.45) is 0 Å². The van der Waals surface area contributed by atoms with Crippen LogP contribution in [0.1, 0.15) is 13.8 Å². The van der Waals surface area contributed by atoms with Gasteiger partial charge in [-0.2, -0.15) is 0 Å². The lowest BCUT2D eigenvalue weighted by Crippen LogP contribution is -2.40. The first-order valence-corrected chi connectivity index (χ1v) is 3.84. The van der Waals surface area contributed by atoms with Crippen molar-refractivity contribution in [2.75, 3.05) is 26.7 Å². The average Bonchev–Trinajstić information content (AvgIpc) is 1.97. The van der Waals surface area contributed by atoms with Crippen LogP contribution in [0.15, 0.2) is 0 Å². The minimum atomic E-state index is -0.0517. The van der Waals surface area contributed by atoms with E-state index in [0.29, 0.717) is 0 Å². The van der Waals surface area contributed by atoms with Crippen LogP contribution < -0.4 is 10.9 Å². The fourth-order valence-corrected chi connectivity index (χ4v) is 0.592. The number of rotatable bonds is 5. The predicted molar refractivity (Wildman–Crippen MR) is 45.0 cm³/mol. The molecule has 0 aliphatic rings. The maximum atomic E-state index is 10.4. The molecule has 0 heterocycles. The van der Waals surface area contributed by atoms with Crippen molar-refractivity contribution in [2.45, 2.75) is 13.8 Å². The monoisotopic (exact) mass is 159 g/mol. The number of nitrogens with zero attached hydrogens (tertiary/aromatic N) is 1. The second-order valence-electron chi connectivity index (χ2n) is 2.50. The van der Waals surface area contributed by atoms with Gasteiger partial charge in [-0.3, -0.25) is 10.2 Å². The van der Waals surface area contributed by atoms with Crippen LogP contribution in [-0.2, 0) is 4.79 Å². The zero-order chi connectivity index (χ0) is 8.69. The predicted octanol–water partition coefficient (Wildman–Crippen LogP) is -0.421. The van der Waals surface area contributed by atoms with Crippen molar-refractivity contribution in [1.29, 1.82) is 0 Å². The quantitative estimate of drug-likeness (QED) is 0.423. The molecular formula is C7H17N3O. The largest absolute Gasteiger partial charge is 0.305 e. The first-order valence-electron chi connectivity index (χ1n) is 3.84. The Labute approximate surface area is 67.9 Å². The van der Waals surface area contributed by atoms with Crippen LogP contribution in [0.2, 0.25) is 0 Å². The molecule has 2 N–H and O–H groups in total. The van der Waals surface area contributed by atoms with Gasteiger partial charge in [0.05, 0.1) is 0 Å². The Bertz CT molecular complexity index is 116. The highest BCUT2D eigenvalue weighted by atomic mass is 16.2. The molecule has 0 spiro atoms. The molecule has 4 nitrogen and oxygen atoms in total. The number of nitrogens with one attached hydrogen (secondary N) is 2. The minimum absolute atomic E-state index is 0.0517. The van der Waals surface area contributed by atoms with Crippen LogP contribution in [0.4, 0.5) is 0 Å². The molecule has 11 heavy (non-hydrogen) atoms. The number of hydrazine groups is 1. The van der Waals surface area contributed by atoms with Crippen molar-refractivity contribution in [3.05, 3.63) is 0 Å². The lowest BCUT2D eigenvalue weighted by atomic mass is 10.5. The molecule has 0 aromatic heterocycles. The number of carbonyl (C=O) groups is 1. The molecule has 0 unspecified atom stereocenters. The summed E-state index contributed by atoms with van der Waals surface area (Å²) in [7, 11) is 2.04. The summed E-state index contributed by atoms with van der Waals surface area (Å²) >= 11 is 0. The Hall–Kier alpha value is -0.610. The van der Waals surface area contributed by atoms with E-state index in [1.165, 1.54) is 6.92 Å². The van der Waals surface area contributed by atoms with Gasteiger partial charge >= 0.3 is 0 Å². The maximum Gasteiger partial charge on any atom is 0.230 e. The Morgan fingerprint density at radius 3 is 2.64 bits per heavy atom. The van der Waals surface area contributed by atoms with Crippen LogP contribution in [0.3, 0.4) is 0 Å². The average molecular weight is 159 g/mol. The molecule has 0 saturated heterocycles. The number of carbonyl (C=O) groups excluding carboxylic acids is 1. The van der Waals surface area contributed by atoms with Gasteiger partial charge in [-0.15, -0.1) is 0 Å². The first kappa shape index (κ1) is 10.4. The van der Waals surface area contributed by atoms with Crippen LogP contribution >= 0.6 is 0 Å². The molecule has 0 aromatic rings. The molecular weight excluding hydrogens is 142 g/mol. The molecule has 0 bridgehead atoms. The lowest BCUT2D eigenvalue weighted by Gasteiger charge is -2.13. The number of likely N-dealkylation sites (N-methyl/N-ethyl adjacent to an activating group) is 1. The summed E-state index contributed by atoms with van der Waals surface area (Å²) in [6, 6.07) is 0. The fourth-order valence-electron chi connectivity index (χ4n) is 0.592. The maximum absolute atomic E-state index is 10.4. The standard InChI is InChI=1S/C7H17N3O/c1-4-10(3)6-5-8-9-7(2)11/h8H,4-6H2,1-3H3,(H,9,11). The van der Waals surface area contributed by atoms with Gasteiger partial charge < -0.3 is 4.90 Å². The van der Waals surface area contributed by atoms with Crippen LogP contribution in [0.25, 0.3) is 0 Å². The summed E-state index contributed by atoms with van der Waals surface area (Å²) in [4.78, 5) is 12.5. The van der Waals surface area contributed by atoms with Gasteiger partial charge in [-0.25, -0.2) is 5.43 Å². The molecule has 1 amide bonds. The summed E-state index contributed by atoms with van der Waals surface area (Å²) in [5, 5.41) is 0. The molecule has 0 aliphatic carbocycles. The van der Waals surface area contributed by atoms with E-state index >= 15 is 0 Å². The molecule has 0 aliphatic heterocycles. The molecule has 0 aromatic carbocycles. The highest BCUT2D eigenvalue weighted by molar-refractivity contribution is 5.72. The van der Waals surface area contributed by atoms with Crippen molar-refractivity contribution < 1.29 is 4.79 Å². The Morgan fingerprint density at radius 2 is 2.18 bits per heavy atom. The van der Waals surface area contributed by atoms with E-state index in [9.17, 15) is 4.79 Å². The summed E-state index contributed by atoms with van der Waals surface area (Å²) < 4.78 is 0. The Morgan fingerprint density at radius 1 is 1.55 bits per heavy atom. The van der Waals surface area contributed by atoms with E-state index in [1.807, 2.05) is 7.05 Å². The van der Waals surface area contributed by atoms with Crippen LogP contribution in [-0.4, -0.2) is 37.5 Å². The van der Waals surface area contributed by atoms with Gasteiger partial charge in [0.2, 0.25) is 5.91 Å².